The predicted octanol–water partition coefficient (Wildman–Crippen LogP) is 2.49. The highest BCUT2D eigenvalue weighted by molar-refractivity contribution is 7.12. The molecule has 1 fully saturated rings. The van der Waals surface area contributed by atoms with E-state index >= 15 is 0 Å². The van der Waals surface area contributed by atoms with Gasteiger partial charge in [0.15, 0.2) is 0 Å². The molecule has 0 radical (unpaired) electrons. The van der Waals surface area contributed by atoms with E-state index in [0.717, 1.165) is 19.1 Å². The quantitative estimate of drug-likeness (QED) is 0.803. The minimum atomic E-state index is 0.0769. The number of aryl methyl sites for hydroxylation is 2. The summed E-state index contributed by atoms with van der Waals surface area (Å²) in [7, 11) is 1.76. The van der Waals surface area contributed by atoms with Gasteiger partial charge in [-0.25, -0.2) is 4.98 Å². The second kappa shape index (κ2) is 4.91. The molecule has 0 amide bonds. The summed E-state index contributed by atoms with van der Waals surface area (Å²) < 4.78 is 5.16. The van der Waals surface area contributed by atoms with E-state index in [9.17, 15) is 0 Å². The topological polar surface area (TPSA) is 34.1 Å². The smallest absolute Gasteiger partial charge is 0.113 e. The molecule has 1 atom stereocenters. The lowest BCUT2D eigenvalue weighted by Crippen LogP contribution is -2.43. The van der Waals surface area contributed by atoms with Crippen LogP contribution in [0.1, 0.15) is 41.8 Å². The molecule has 2 aliphatic carbocycles. The van der Waals surface area contributed by atoms with Crippen molar-refractivity contribution in [2.24, 2.45) is 5.92 Å². The first-order valence-corrected chi connectivity index (χ1v) is 7.78. The zero-order valence-electron chi connectivity index (χ0n) is 11.3. The molecule has 0 spiro atoms. The van der Waals surface area contributed by atoms with Gasteiger partial charge in [0.1, 0.15) is 5.01 Å². The molecule has 0 bridgehead atoms. The molecule has 4 heteroatoms. The van der Waals surface area contributed by atoms with Crippen LogP contribution in [0.2, 0.25) is 0 Å². The van der Waals surface area contributed by atoms with E-state index in [0.29, 0.717) is 0 Å². The van der Waals surface area contributed by atoms with Crippen molar-refractivity contribution in [1.82, 2.24) is 10.3 Å². The lowest BCUT2D eigenvalue weighted by Gasteiger charge is -2.29. The van der Waals surface area contributed by atoms with Crippen LogP contribution in [0.4, 0.5) is 0 Å². The molecule has 1 aromatic rings. The predicted molar refractivity (Wildman–Crippen MR) is 74.1 cm³/mol. The van der Waals surface area contributed by atoms with Gasteiger partial charge in [-0.05, 0) is 44.9 Å². The maximum absolute atomic E-state index is 5.16. The Balaban J connectivity index is 1.79. The zero-order valence-corrected chi connectivity index (χ0v) is 12.1. The van der Waals surface area contributed by atoms with Crippen molar-refractivity contribution >= 4 is 11.3 Å². The van der Waals surface area contributed by atoms with Gasteiger partial charge in [0.05, 0.1) is 17.8 Å². The van der Waals surface area contributed by atoms with E-state index in [1.54, 1.807) is 7.11 Å². The van der Waals surface area contributed by atoms with Crippen LogP contribution in [-0.2, 0) is 23.1 Å². The molecule has 0 aliphatic heterocycles. The standard InChI is InChI=1S/C14H22N2OS/c1-14(10-6-7-10,15-8-9-17-2)13-16-11-4-3-5-12(11)18-13/h10,15H,3-9H2,1-2H3. The Morgan fingerprint density at radius 1 is 1.44 bits per heavy atom. The first-order chi connectivity index (χ1) is 8.74. The number of fused-ring (bicyclic) bond motifs is 1. The fraction of sp³-hybridized carbons (Fsp3) is 0.786. The van der Waals surface area contributed by atoms with E-state index in [4.69, 9.17) is 9.72 Å². The Morgan fingerprint density at radius 3 is 2.94 bits per heavy atom. The summed E-state index contributed by atoms with van der Waals surface area (Å²) in [6.45, 7) is 4.01. The summed E-state index contributed by atoms with van der Waals surface area (Å²) in [4.78, 5) is 6.45. The van der Waals surface area contributed by atoms with Gasteiger partial charge in [0.25, 0.3) is 0 Å². The van der Waals surface area contributed by atoms with Crippen molar-refractivity contribution in [2.45, 2.75) is 44.6 Å². The minimum Gasteiger partial charge on any atom is -0.383 e. The van der Waals surface area contributed by atoms with Gasteiger partial charge >= 0.3 is 0 Å². The first-order valence-electron chi connectivity index (χ1n) is 6.97. The van der Waals surface area contributed by atoms with Gasteiger partial charge in [0.2, 0.25) is 0 Å². The molecule has 1 heterocycles. The minimum absolute atomic E-state index is 0.0769. The summed E-state index contributed by atoms with van der Waals surface area (Å²) in [5, 5.41) is 5.00. The summed E-state index contributed by atoms with van der Waals surface area (Å²) in [6.07, 6.45) is 6.39. The van der Waals surface area contributed by atoms with Crippen LogP contribution in [-0.4, -0.2) is 25.2 Å². The van der Waals surface area contributed by atoms with Crippen molar-refractivity contribution < 1.29 is 4.74 Å². The van der Waals surface area contributed by atoms with Crippen LogP contribution in [0.3, 0.4) is 0 Å². The van der Waals surface area contributed by atoms with Crippen molar-refractivity contribution in [1.29, 1.82) is 0 Å². The Morgan fingerprint density at radius 2 is 2.28 bits per heavy atom. The molecular formula is C14H22N2OS. The largest absolute Gasteiger partial charge is 0.383 e. The van der Waals surface area contributed by atoms with Gasteiger partial charge in [0, 0.05) is 18.5 Å². The molecule has 2 aliphatic rings. The average Bonchev–Trinajstić information content (AvgIpc) is 2.98. The molecular weight excluding hydrogens is 244 g/mol. The van der Waals surface area contributed by atoms with Crippen molar-refractivity contribution in [3.05, 3.63) is 15.6 Å². The molecule has 1 saturated carbocycles. The third-order valence-corrected chi connectivity index (χ3v) is 5.63. The normalized spacial score (nSPS) is 21.9. The maximum Gasteiger partial charge on any atom is 0.113 e. The SMILES string of the molecule is COCCNC(C)(c1nc2c(s1)CCC2)C1CC1. The number of nitrogens with one attached hydrogen (secondary N) is 1. The fourth-order valence-corrected chi connectivity index (χ4v) is 4.23. The Bertz CT molecular complexity index is 406. The highest BCUT2D eigenvalue weighted by Crippen LogP contribution is 2.47. The van der Waals surface area contributed by atoms with Crippen LogP contribution in [0.15, 0.2) is 0 Å². The van der Waals surface area contributed by atoms with Crippen LogP contribution < -0.4 is 5.32 Å². The van der Waals surface area contributed by atoms with Crippen molar-refractivity contribution in [2.75, 3.05) is 20.3 Å². The highest BCUT2D eigenvalue weighted by Gasteiger charge is 2.45. The molecule has 1 unspecified atom stereocenters. The number of thiazole rings is 1. The number of hydrogen-bond donors (Lipinski definition) is 1. The Hall–Kier alpha value is -0.450. The number of nitrogens with zero attached hydrogens (tertiary/aromatic N) is 1. The van der Waals surface area contributed by atoms with Crippen LogP contribution in [0, 0.1) is 5.92 Å². The Kier molecular flexibility index (Phi) is 3.43. The summed E-state index contributed by atoms with van der Waals surface area (Å²) in [6, 6.07) is 0. The molecule has 18 heavy (non-hydrogen) atoms. The second-order valence-electron chi connectivity index (χ2n) is 5.64. The average molecular weight is 266 g/mol. The lowest BCUT2D eigenvalue weighted by atomic mass is 9.96. The van der Waals surface area contributed by atoms with E-state index in [1.165, 1.54) is 47.7 Å². The van der Waals surface area contributed by atoms with Gasteiger partial charge in [-0.3, -0.25) is 0 Å². The monoisotopic (exact) mass is 266 g/mol. The van der Waals surface area contributed by atoms with Gasteiger partial charge < -0.3 is 10.1 Å². The van der Waals surface area contributed by atoms with Gasteiger partial charge in [-0.15, -0.1) is 11.3 Å². The van der Waals surface area contributed by atoms with Gasteiger partial charge in [-0.1, -0.05) is 0 Å². The molecule has 1 aromatic heterocycles. The molecule has 0 saturated heterocycles. The number of aromatic nitrogens is 1. The van der Waals surface area contributed by atoms with Crippen molar-refractivity contribution in [3.8, 4) is 0 Å². The number of ether oxygens (including phenoxy) is 1. The van der Waals surface area contributed by atoms with E-state index in [1.807, 2.05) is 11.3 Å². The third kappa shape index (κ3) is 2.22. The molecule has 3 nitrogen and oxygen atoms in total. The van der Waals surface area contributed by atoms with Crippen LogP contribution in [0.25, 0.3) is 0 Å². The number of methoxy groups -OCH3 is 1. The molecule has 100 valence electrons. The lowest BCUT2D eigenvalue weighted by molar-refractivity contribution is 0.181. The Labute approximate surface area is 113 Å². The maximum atomic E-state index is 5.16. The summed E-state index contributed by atoms with van der Waals surface area (Å²) in [5.74, 6) is 0.764. The highest BCUT2D eigenvalue weighted by atomic mass is 32.1. The second-order valence-corrected chi connectivity index (χ2v) is 6.72. The fourth-order valence-electron chi connectivity index (χ4n) is 2.88. The molecule has 0 aromatic carbocycles. The van der Waals surface area contributed by atoms with E-state index in [-0.39, 0.29) is 5.54 Å². The number of rotatable bonds is 6. The summed E-state index contributed by atoms with van der Waals surface area (Å²) in [5.41, 5.74) is 1.45. The third-order valence-electron chi connectivity index (χ3n) is 4.23. The van der Waals surface area contributed by atoms with Crippen molar-refractivity contribution in [3.63, 3.8) is 0 Å². The molecule has 1 N–H and O–H groups in total. The first kappa shape index (κ1) is 12.6. The van der Waals surface area contributed by atoms with Crippen LogP contribution in [0.5, 0.6) is 0 Å². The van der Waals surface area contributed by atoms with Gasteiger partial charge in [-0.2, -0.15) is 0 Å². The zero-order chi connectivity index (χ0) is 12.6. The van der Waals surface area contributed by atoms with E-state index in [2.05, 4.69) is 12.2 Å². The van der Waals surface area contributed by atoms with Crippen LogP contribution >= 0.6 is 11.3 Å². The number of hydrogen-bond acceptors (Lipinski definition) is 4. The molecule has 3 rings (SSSR count). The summed E-state index contributed by atoms with van der Waals surface area (Å²) >= 11 is 1.94. The van der Waals surface area contributed by atoms with E-state index < -0.39 is 0 Å².